The first-order valence-corrected chi connectivity index (χ1v) is 10.0. The van der Waals surface area contributed by atoms with Gasteiger partial charge in [-0.1, -0.05) is 0 Å². The van der Waals surface area contributed by atoms with Crippen LogP contribution in [0.4, 0.5) is 5.13 Å². The van der Waals surface area contributed by atoms with Gasteiger partial charge >= 0.3 is 0 Å². The molecule has 2 rings (SSSR count). The average molecular weight is 406 g/mol. The number of ether oxygens (including phenoxy) is 2. The van der Waals surface area contributed by atoms with Crippen molar-refractivity contribution in [1.82, 2.24) is 9.88 Å². The highest BCUT2D eigenvalue weighted by Gasteiger charge is 2.19. The van der Waals surface area contributed by atoms with Crippen LogP contribution in [0, 0.1) is 13.8 Å². The van der Waals surface area contributed by atoms with Gasteiger partial charge in [0.15, 0.2) is 5.13 Å². The fourth-order valence-corrected chi connectivity index (χ4v) is 3.36. The van der Waals surface area contributed by atoms with E-state index in [1.165, 1.54) is 16.2 Å². The summed E-state index contributed by atoms with van der Waals surface area (Å²) in [5, 5.41) is 3.33. The molecule has 0 aliphatic rings. The van der Waals surface area contributed by atoms with Crippen molar-refractivity contribution in [2.45, 2.75) is 27.2 Å². The van der Waals surface area contributed by atoms with E-state index in [1.807, 2.05) is 20.8 Å². The maximum atomic E-state index is 12.9. The molecule has 152 valence electrons. The molecule has 0 atom stereocenters. The smallest absolute Gasteiger partial charge is 0.254 e. The SMILES string of the molecule is CCOCCCN(CC(=O)Nc1nc(C)c(C)s1)C(=O)c1ccc(OC)cc1. The predicted octanol–water partition coefficient (Wildman–Crippen LogP) is 3.28. The molecule has 0 aliphatic heterocycles. The number of carbonyl (C=O) groups is 2. The second-order valence-corrected chi connectivity index (χ2v) is 7.42. The van der Waals surface area contributed by atoms with E-state index in [0.717, 1.165) is 10.6 Å². The Morgan fingerprint density at radius 1 is 1.21 bits per heavy atom. The summed E-state index contributed by atoms with van der Waals surface area (Å²) in [6.45, 7) is 7.31. The predicted molar refractivity (Wildman–Crippen MR) is 110 cm³/mol. The zero-order valence-corrected chi connectivity index (χ0v) is 17.6. The minimum atomic E-state index is -0.271. The Balaban J connectivity index is 2.05. The van der Waals surface area contributed by atoms with Gasteiger partial charge in [0.05, 0.1) is 12.8 Å². The molecular weight excluding hydrogens is 378 g/mol. The van der Waals surface area contributed by atoms with Gasteiger partial charge in [-0.15, -0.1) is 11.3 Å². The van der Waals surface area contributed by atoms with E-state index in [1.54, 1.807) is 31.4 Å². The standard InChI is InChI=1S/C20H27N3O4S/c1-5-27-12-6-11-23(19(25)16-7-9-17(26-4)10-8-16)13-18(24)22-20-21-14(2)15(3)28-20/h7-10H,5-6,11-13H2,1-4H3,(H,21,22,24). The number of methoxy groups -OCH3 is 1. The van der Waals surface area contributed by atoms with Crippen LogP contribution in [0.25, 0.3) is 0 Å². The van der Waals surface area contributed by atoms with Crippen LogP contribution in [-0.2, 0) is 9.53 Å². The van der Waals surface area contributed by atoms with Crippen LogP contribution in [0.5, 0.6) is 5.75 Å². The highest BCUT2D eigenvalue weighted by Crippen LogP contribution is 2.21. The maximum Gasteiger partial charge on any atom is 0.254 e. The largest absolute Gasteiger partial charge is 0.497 e. The van der Waals surface area contributed by atoms with Crippen LogP contribution in [-0.4, -0.2) is 55.1 Å². The van der Waals surface area contributed by atoms with Gasteiger partial charge in [-0.25, -0.2) is 4.98 Å². The third kappa shape index (κ3) is 6.31. The molecular formula is C20H27N3O4S. The number of nitrogens with one attached hydrogen (secondary N) is 1. The van der Waals surface area contributed by atoms with Crippen molar-refractivity contribution in [3.05, 3.63) is 40.4 Å². The number of anilines is 1. The molecule has 0 radical (unpaired) electrons. The first-order valence-electron chi connectivity index (χ1n) is 9.19. The van der Waals surface area contributed by atoms with Gasteiger partial charge < -0.3 is 19.7 Å². The van der Waals surface area contributed by atoms with Crippen molar-refractivity contribution >= 4 is 28.3 Å². The average Bonchev–Trinajstić information content (AvgIpc) is 3.00. The summed E-state index contributed by atoms with van der Waals surface area (Å²) >= 11 is 1.42. The number of aryl methyl sites for hydroxylation is 2. The molecule has 0 unspecified atom stereocenters. The molecule has 2 amide bonds. The van der Waals surface area contributed by atoms with Gasteiger partial charge in [0.1, 0.15) is 12.3 Å². The molecule has 28 heavy (non-hydrogen) atoms. The molecule has 1 N–H and O–H groups in total. The third-order valence-electron chi connectivity index (χ3n) is 4.15. The van der Waals surface area contributed by atoms with Crippen molar-refractivity contribution in [3.8, 4) is 5.75 Å². The fraction of sp³-hybridized carbons (Fsp3) is 0.450. The molecule has 1 aromatic heterocycles. The van der Waals surface area contributed by atoms with Gasteiger partial charge in [0.2, 0.25) is 5.91 Å². The lowest BCUT2D eigenvalue weighted by Gasteiger charge is -2.22. The molecule has 0 saturated carbocycles. The molecule has 7 nitrogen and oxygen atoms in total. The van der Waals surface area contributed by atoms with Gasteiger partial charge in [-0.05, 0) is 51.5 Å². The van der Waals surface area contributed by atoms with E-state index >= 15 is 0 Å². The second kappa shape index (κ2) is 10.8. The van der Waals surface area contributed by atoms with Crippen LogP contribution in [0.1, 0.15) is 34.3 Å². The van der Waals surface area contributed by atoms with Gasteiger partial charge in [0, 0.05) is 30.2 Å². The number of hydrogen-bond acceptors (Lipinski definition) is 6. The minimum Gasteiger partial charge on any atom is -0.497 e. The van der Waals surface area contributed by atoms with E-state index in [-0.39, 0.29) is 18.4 Å². The van der Waals surface area contributed by atoms with Crippen LogP contribution in [0.15, 0.2) is 24.3 Å². The van der Waals surface area contributed by atoms with Crippen molar-refractivity contribution in [1.29, 1.82) is 0 Å². The van der Waals surface area contributed by atoms with Crippen LogP contribution < -0.4 is 10.1 Å². The topological polar surface area (TPSA) is 80.8 Å². The summed E-state index contributed by atoms with van der Waals surface area (Å²) < 4.78 is 10.5. The number of nitrogens with zero attached hydrogens (tertiary/aromatic N) is 2. The molecule has 2 aromatic rings. The number of carbonyl (C=O) groups excluding carboxylic acids is 2. The summed E-state index contributed by atoms with van der Waals surface area (Å²) in [6.07, 6.45) is 0.651. The Labute approximate surface area is 169 Å². The lowest BCUT2D eigenvalue weighted by Crippen LogP contribution is -2.39. The Bertz CT molecular complexity index is 770. The molecule has 0 saturated heterocycles. The monoisotopic (exact) mass is 405 g/mol. The molecule has 1 aromatic carbocycles. The molecule has 0 bridgehead atoms. The van der Waals surface area contributed by atoms with Crippen LogP contribution in [0.3, 0.4) is 0 Å². The van der Waals surface area contributed by atoms with Gasteiger partial charge in [-0.2, -0.15) is 0 Å². The van der Waals surface area contributed by atoms with Crippen molar-refractivity contribution in [2.75, 3.05) is 38.7 Å². The number of thiazole rings is 1. The Kier molecular flexibility index (Phi) is 8.41. The Hall–Kier alpha value is -2.45. The first kappa shape index (κ1) is 21.8. The summed E-state index contributed by atoms with van der Waals surface area (Å²) in [4.78, 5) is 32.3. The number of rotatable bonds is 10. The van der Waals surface area contributed by atoms with Crippen LogP contribution >= 0.6 is 11.3 Å². The number of amides is 2. The maximum absolute atomic E-state index is 12.9. The number of benzene rings is 1. The lowest BCUT2D eigenvalue weighted by molar-refractivity contribution is -0.116. The molecule has 0 spiro atoms. The molecule has 0 fully saturated rings. The van der Waals surface area contributed by atoms with E-state index in [4.69, 9.17) is 9.47 Å². The molecule has 8 heteroatoms. The molecule has 1 heterocycles. The quantitative estimate of drug-likeness (QED) is 0.614. The molecule has 0 aliphatic carbocycles. The first-order chi connectivity index (χ1) is 13.4. The van der Waals surface area contributed by atoms with Crippen molar-refractivity contribution < 1.29 is 19.1 Å². The summed E-state index contributed by atoms with van der Waals surface area (Å²) in [6, 6.07) is 6.85. The normalized spacial score (nSPS) is 10.6. The van der Waals surface area contributed by atoms with E-state index in [9.17, 15) is 9.59 Å². The Morgan fingerprint density at radius 2 is 1.93 bits per heavy atom. The van der Waals surface area contributed by atoms with E-state index in [0.29, 0.717) is 42.6 Å². The Morgan fingerprint density at radius 3 is 2.50 bits per heavy atom. The number of hydrogen-bond donors (Lipinski definition) is 1. The van der Waals surface area contributed by atoms with E-state index < -0.39 is 0 Å². The van der Waals surface area contributed by atoms with Crippen molar-refractivity contribution in [3.63, 3.8) is 0 Å². The fourth-order valence-electron chi connectivity index (χ4n) is 2.53. The third-order valence-corrected chi connectivity index (χ3v) is 5.14. The number of aromatic nitrogens is 1. The van der Waals surface area contributed by atoms with Crippen LogP contribution in [0.2, 0.25) is 0 Å². The summed E-state index contributed by atoms with van der Waals surface area (Å²) in [5.74, 6) is 0.194. The van der Waals surface area contributed by atoms with Gasteiger partial charge in [-0.3, -0.25) is 9.59 Å². The zero-order chi connectivity index (χ0) is 20.5. The highest BCUT2D eigenvalue weighted by atomic mass is 32.1. The van der Waals surface area contributed by atoms with Gasteiger partial charge in [0.25, 0.3) is 5.91 Å². The minimum absolute atomic E-state index is 0.0470. The van der Waals surface area contributed by atoms with E-state index in [2.05, 4.69) is 10.3 Å². The van der Waals surface area contributed by atoms with Crippen molar-refractivity contribution in [2.24, 2.45) is 0 Å². The zero-order valence-electron chi connectivity index (χ0n) is 16.8. The summed E-state index contributed by atoms with van der Waals surface area (Å²) in [5.41, 5.74) is 1.40. The second-order valence-electron chi connectivity index (χ2n) is 6.21. The summed E-state index contributed by atoms with van der Waals surface area (Å²) in [7, 11) is 1.57. The highest BCUT2D eigenvalue weighted by molar-refractivity contribution is 7.15. The lowest BCUT2D eigenvalue weighted by atomic mass is 10.2.